The first-order valence-electron chi connectivity index (χ1n) is 5.09. The van der Waals surface area contributed by atoms with Gasteiger partial charge in [0.2, 0.25) is 5.91 Å². The highest BCUT2D eigenvalue weighted by Crippen LogP contribution is 1.95. The average Bonchev–Trinajstić information content (AvgIpc) is 2.03. The number of hydrogen-bond acceptors (Lipinski definition) is 2. The van der Waals surface area contributed by atoms with Crippen LogP contribution in [0.15, 0.2) is 0 Å². The summed E-state index contributed by atoms with van der Waals surface area (Å²) in [7, 11) is 4.08. The molecule has 2 N–H and O–H groups in total. The average molecular weight is 203 g/mol. The zero-order chi connectivity index (χ0) is 11.2. The Morgan fingerprint density at radius 2 is 1.93 bits per heavy atom. The van der Waals surface area contributed by atoms with Crippen LogP contribution in [0, 0.1) is 5.92 Å². The van der Waals surface area contributed by atoms with Gasteiger partial charge in [-0.3, -0.25) is 4.79 Å². The minimum Gasteiger partial charge on any atom is -0.391 e. The van der Waals surface area contributed by atoms with Crippen molar-refractivity contribution in [2.75, 3.05) is 40.3 Å². The molecule has 0 heterocycles. The topological polar surface area (TPSA) is 49.3 Å². The van der Waals surface area contributed by atoms with Crippen LogP contribution in [0.1, 0.15) is 13.8 Å². The van der Waals surface area contributed by atoms with Gasteiger partial charge >= 0.3 is 0 Å². The molecule has 0 unspecified atom stereocenters. The second-order valence-electron chi connectivity index (χ2n) is 4.55. The van der Waals surface area contributed by atoms with Gasteiger partial charge < -0.3 is 14.9 Å². The van der Waals surface area contributed by atoms with Crippen molar-refractivity contribution in [3.05, 3.63) is 0 Å². The predicted octanol–water partition coefficient (Wildman–Crippen LogP) is -0.173. The van der Waals surface area contributed by atoms with E-state index in [9.17, 15) is 4.79 Å². The molecular weight excluding hydrogens is 180 g/mol. The summed E-state index contributed by atoms with van der Waals surface area (Å²) in [6, 6.07) is 0. The highest BCUT2D eigenvalue weighted by molar-refractivity contribution is 5.77. The van der Waals surface area contributed by atoms with Gasteiger partial charge in [-0.05, 0) is 0 Å². The van der Waals surface area contributed by atoms with Crippen molar-refractivity contribution in [3.63, 3.8) is 0 Å². The number of nitrogens with zero attached hydrogens (tertiary/aromatic N) is 1. The molecule has 4 nitrogen and oxygen atoms in total. The molecule has 0 aromatic carbocycles. The zero-order valence-corrected chi connectivity index (χ0v) is 9.71. The molecule has 0 aliphatic rings. The summed E-state index contributed by atoms with van der Waals surface area (Å²) in [6.45, 7) is 6.18. The molecule has 0 rings (SSSR count). The largest absolute Gasteiger partial charge is 0.391 e. The maximum Gasteiger partial charge on any atom is 0.222 e. The van der Waals surface area contributed by atoms with Crippen LogP contribution < -0.4 is 5.32 Å². The van der Waals surface area contributed by atoms with Gasteiger partial charge in [0, 0.05) is 5.92 Å². The summed E-state index contributed by atoms with van der Waals surface area (Å²) in [5.74, 6) is 0.137. The van der Waals surface area contributed by atoms with Crippen LogP contribution in [0.5, 0.6) is 0 Å². The van der Waals surface area contributed by atoms with E-state index in [-0.39, 0.29) is 18.4 Å². The van der Waals surface area contributed by atoms with Crippen LogP contribution in [-0.2, 0) is 4.79 Å². The summed E-state index contributed by atoms with van der Waals surface area (Å²) in [6.07, 6.45) is 0. The fourth-order valence-corrected chi connectivity index (χ4v) is 1.07. The molecule has 1 amide bonds. The fraction of sp³-hybridized carbons (Fsp3) is 0.900. The number of nitrogens with one attached hydrogen (secondary N) is 1. The van der Waals surface area contributed by atoms with E-state index in [1.807, 2.05) is 27.9 Å². The van der Waals surface area contributed by atoms with Crippen molar-refractivity contribution < 1.29 is 14.4 Å². The number of quaternary nitrogens is 1. The van der Waals surface area contributed by atoms with Crippen molar-refractivity contribution in [3.8, 4) is 0 Å². The summed E-state index contributed by atoms with van der Waals surface area (Å²) in [5, 5.41) is 11.7. The molecule has 0 aromatic heterocycles. The van der Waals surface area contributed by atoms with Crippen molar-refractivity contribution in [1.82, 2.24) is 5.32 Å². The number of hydrogen-bond donors (Lipinski definition) is 2. The summed E-state index contributed by atoms with van der Waals surface area (Å²) in [5.41, 5.74) is 0. The Bertz CT molecular complexity index is 179. The number of carbonyl (C=O) groups is 1. The third-order valence-electron chi connectivity index (χ3n) is 2.25. The summed E-state index contributed by atoms with van der Waals surface area (Å²) < 4.78 is 0.731. The molecule has 84 valence electrons. The van der Waals surface area contributed by atoms with Crippen LogP contribution in [0.25, 0.3) is 0 Å². The number of aliphatic hydroxyl groups is 1. The molecule has 0 radical (unpaired) electrons. The van der Waals surface area contributed by atoms with Gasteiger partial charge in [-0.15, -0.1) is 0 Å². The first-order chi connectivity index (χ1) is 6.39. The summed E-state index contributed by atoms with van der Waals surface area (Å²) >= 11 is 0. The third-order valence-corrected chi connectivity index (χ3v) is 2.25. The van der Waals surface area contributed by atoms with Gasteiger partial charge in [-0.2, -0.15) is 0 Å². The molecule has 0 aromatic rings. The smallest absolute Gasteiger partial charge is 0.222 e. The lowest BCUT2D eigenvalue weighted by atomic mass is 10.2. The Labute approximate surface area is 86.5 Å². The molecule has 14 heavy (non-hydrogen) atoms. The second-order valence-corrected chi connectivity index (χ2v) is 4.55. The van der Waals surface area contributed by atoms with Crippen LogP contribution in [0.3, 0.4) is 0 Å². The lowest BCUT2D eigenvalue weighted by molar-refractivity contribution is -0.889. The minimum atomic E-state index is 0.0449. The van der Waals surface area contributed by atoms with Gasteiger partial charge in [0.1, 0.15) is 6.54 Å². The van der Waals surface area contributed by atoms with Crippen molar-refractivity contribution >= 4 is 5.91 Å². The van der Waals surface area contributed by atoms with E-state index in [2.05, 4.69) is 5.32 Å². The number of carbonyl (C=O) groups excluding carboxylic acids is 1. The van der Waals surface area contributed by atoms with E-state index in [4.69, 9.17) is 5.11 Å². The normalized spacial score (nSPS) is 11.9. The number of likely N-dealkylation sites (N-methyl/N-ethyl adjacent to an activating group) is 1. The molecule has 0 saturated heterocycles. The number of aliphatic hydroxyl groups excluding tert-OH is 1. The Kier molecular flexibility index (Phi) is 5.72. The molecule has 0 aliphatic heterocycles. The quantitative estimate of drug-likeness (QED) is 0.589. The van der Waals surface area contributed by atoms with Gasteiger partial charge in [-0.1, -0.05) is 13.8 Å². The highest BCUT2D eigenvalue weighted by atomic mass is 16.3. The maximum absolute atomic E-state index is 11.2. The van der Waals surface area contributed by atoms with Gasteiger partial charge in [0.25, 0.3) is 0 Å². The SMILES string of the molecule is CC(C)C(=O)NCC[N+](C)(C)CCO. The number of amides is 1. The monoisotopic (exact) mass is 203 g/mol. The lowest BCUT2D eigenvalue weighted by Crippen LogP contribution is -2.47. The molecule has 0 atom stereocenters. The molecule has 4 heteroatoms. The Hall–Kier alpha value is -0.610. The van der Waals surface area contributed by atoms with Gasteiger partial charge in [0.15, 0.2) is 0 Å². The molecule has 0 saturated carbocycles. The number of rotatable bonds is 6. The fourth-order valence-electron chi connectivity index (χ4n) is 1.07. The van der Waals surface area contributed by atoms with Gasteiger partial charge in [0.05, 0.1) is 33.8 Å². The Balaban J connectivity index is 3.68. The van der Waals surface area contributed by atoms with E-state index in [0.29, 0.717) is 6.54 Å². The van der Waals surface area contributed by atoms with E-state index < -0.39 is 0 Å². The van der Waals surface area contributed by atoms with E-state index in [0.717, 1.165) is 17.6 Å². The second kappa shape index (κ2) is 5.98. The zero-order valence-electron chi connectivity index (χ0n) is 9.71. The van der Waals surface area contributed by atoms with Crippen molar-refractivity contribution in [1.29, 1.82) is 0 Å². The molecular formula is C10H23N2O2+. The first-order valence-corrected chi connectivity index (χ1v) is 5.09. The molecule has 0 fully saturated rings. The predicted molar refractivity (Wildman–Crippen MR) is 56.8 cm³/mol. The van der Waals surface area contributed by atoms with Crippen LogP contribution in [0.4, 0.5) is 0 Å². The van der Waals surface area contributed by atoms with Gasteiger partial charge in [-0.25, -0.2) is 0 Å². The highest BCUT2D eigenvalue weighted by Gasteiger charge is 2.14. The van der Waals surface area contributed by atoms with E-state index in [1.165, 1.54) is 0 Å². The summed E-state index contributed by atoms with van der Waals surface area (Å²) in [4.78, 5) is 11.2. The van der Waals surface area contributed by atoms with Crippen LogP contribution >= 0.6 is 0 Å². The first kappa shape index (κ1) is 13.4. The third kappa shape index (κ3) is 5.94. The van der Waals surface area contributed by atoms with Crippen LogP contribution in [-0.4, -0.2) is 55.8 Å². The molecule has 0 spiro atoms. The van der Waals surface area contributed by atoms with Crippen molar-refractivity contribution in [2.45, 2.75) is 13.8 Å². The van der Waals surface area contributed by atoms with Crippen molar-refractivity contribution in [2.24, 2.45) is 5.92 Å². The Morgan fingerprint density at radius 3 is 2.36 bits per heavy atom. The lowest BCUT2D eigenvalue weighted by Gasteiger charge is -2.29. The standard InChI is InChI=1S/C10H22N2O2/c1-9(2)10(14)11-5-6-12(3,4)7-8-13/h9,13H,5-8H2,1-4H3/p+1. The van der Waals surface area contributed by atoms with E-state index >= 15 is 0 Å². The van der Waals surface area contributed by atoms with E-state index in [1.54, 1.807) is 0 Å². The maximum atomic E-state index is 11.2. The minimum absolute atomic E-state index is 0.0449. The Morgan fingerprint density at radius 1 is 1.36 bits per heavy atom. The molecule has 0 bridgehead atoms. The molecule has 0 aliphatic carbocycles. The van der Waals surface area contributed by atoms with Crippen LogP contribution in [0.2, 0.25) is 0 Å².